The smallest absolute Gasteiger partial charge is 0.289 e. The molecule has 0 bridgehead atoms. The molecule has 1 aromatic heterocycles. The minimum absolute atomic E-state index is 0.0305. The first-order valence-corrected chi connectivity index (χ1v) is 10.2. The Balaban J connectivity index is 1.39. The zero-order valence-corrected chi connectivity index (χ0v) is 16.5. The van der Waals surface area contributed by atoms with Crippen molar-refractivity contribution < 1.29 is 19.1 Å². The van der Waals surface area contributed by atoms with Gasteiger partial charge in [-0.1, -0.05) is 0 Å². The van der Waals surface area contributed by atoms with Crippen LogP contribution in [0.15, 0.2) is 0 Å². The molecule has 1 aromatic rings. The second-order valence-electron chi connectivity index (χ2n) is 8.16. The number of carbonyl (C=O) groups is 2. The number of methoxy groups -OCH3 is 1. The summed E-state index contributed by atoms with van der Waals surface area (Å²) in [5, 5.41) is 11.2. The number of aromatic nitrogens is 3. The van der Waals surface area contributed by atoms with Gasteiger partial charge in [0.15, 0.2) is 0 Å². The van der Waals surface area contributed by atoms with E-state index in [2.05, 4.69) is 15.5 Å². The van der Waals surface area contributed by atoms with Gasteiger partial charge in [-0.3, -0.25) is 9.59 Å². The maximum Gasteiger partial charge on any atom is 0.289 e. The van der Waals surface area contributed by atoms with Gasteiger partial charge in [0.2, 0.25) is 11.7 Å². The van der Waals surface area contributed by atoms with Crippen LogP contribution in [0.1, 0.15) is 42.1 Å². The maximum atomic E-state index is 12.8. The Morgan fingerprint density at radius 2 is 2.14 bits per heavy atom. The molecule has 9 heteroatoms. The van der Waals surface area contributed by atoms with Crippen LogP contribution >= 0.6 is 0 Å². The van der Waals surface area contributed by atoms with Crippen LogP contribution in [-0.4, -0.2) is 78.0 Å². The number of nitrogens with one attached hydrogen (secondary N) is 1. The minimum Gasteiger partial charge on any atom is -0.383 e. The first-order valence-electron chi connectivity index (χ1n) is 10.2. The first-order chi connectivity index (χ1) is 13.6. The molecule has 2 fully saturated rings. The lowest BCUT2D eigenvalue weighted by Gasteiger charge is -2.28. The number of fused-ring (bicyclic) bond motifs is 1. The maximum absolute atomic E-state index is 12.8. The van der Waals surface area contributed by atoms with Crippen molar-refractivity contribution in [1.82, 2.24) is 25.0 Å². The van der Waals surface area contributed by atoms with Crippen molar-refractivity contribution in [2.24, 2.45) is 11.3 Å². The molecule has 0 radical (unpaired) electrons. The number of nitrogens with zero attached hydrogens (tertiary/aromatic N) is 4. The van der Waals surface area contributed by atoms with Gasteiger partial charge in [-0.2, -0.15) is 0 Å². The van der Waals surface area contributed by atoms with Crippen molar-refractivity contribution in [1.29, 1.82) is 0 Å². The molecule has 3 aliphatic heterocycles. The highest BCUT2D eigenvalue weighted by Gasteiger charge is 2.43. The summed E-state index contributed by atoms with van der Waals surface area (Å²) in [5.41, 5.74) is 0.111. The van der Waals surface area contributed by atoms with E-state index < -0.39 is 0 Å². The predicted octanol–water partition coefficient (Wildman–Crippen LogP) is 0.246. The average molecular weight is 391 g/mol. The highest BCUT2D eigenvalue weighted by atomic mass is 16.5. The van der Waals surface area contributed by atoms with E-state index in [1.807, 2.05) is 9.47 Å². The van der Waals surface area contributed by atoms with Crippen LogP contribution in [0.5, 0.6) is 0 Å². The molecule has 4 heterocycles. The number of aryl methyl sites for hydroxylation is 1. The summed E-state index contributed by atoms with van der Waals surface area (Å²) in [6.45, 7) is 4.50. The Labute approximate surface area is 164 Å². The van der Waals surface area contributed by atoms with Gasteiger partial charge in [0.25, 0.3) is 5.91 Å². The highest BCUT2D eigenvalue weighted by molar-refractivity contribution is 5.90. The van der Waals surface area contributed by atoms with Crippen LogP contribution in [0.3, 0.4) is 0 Å². The molecule has 2 unspecified atom stereocenters. The van der Waals surface area contributed by atoms with Gasteiger partial charge in [0, 0.05) is 46.3 Å². The zero-order valence-electron chi connectivity index (χ0n) is 16.5. The third-order valence-electron chi connectivity index (χ3n) is 6.40. The lowest BCUT2D eigenvalue weighted by atomic mass is 9.80. The minimum atomic E-state index is -0.212. The number of amides is 2. The number of carbonyl (C=O) groups excluding carboxylic acids is 2. The molecule has 0 aromatic carbocycles. The van der Waals surface area contributed by atoms with Crippen molar-refractivity contribution in [2.45, 2.75) is 38.6 Å². The van der Waals surface area contributed by atoms with Crippen LogP contribution < -0.4 is 5.32 Å². The number of ether oxygens (including phenoxy) is 2. The van der Waals surface area contributed by atoms with Gasteiger partial charge in [0.1, 0.15) is 5.82 Å². The molecule has 0 saturated carbocycles. The summed E-state index contributed by atoms with van der Waals surface area (Å²) >= 11 is 0. The Morgan fingerprint density at radius 1 is 1.29 bits per heavy atom. The van der Waals surface area contributed by atoms with Gasteiger partial charge in [-0.25, -0.2) is 0 Å². The predicted molar refractivity (Wildman–Crippen MR) is 99.7 cm³/mol. The molecule has 9 nitrogen and oxygen atoms in total. The van der Waals surface area contributed by atoms with Crippen LogP contribution in [0.2, 0.25) is 0 Å². The van der Waals surface area contributed by atoms with E-state index in [9.17, 15) is 9.59 Å². The van der Waals surface area contributed by atoms with Crippen LogP contribution in [-0.2, 0) is 27.2 Å². The summed E-state index contributed by atoms with van der Waals surface area (Å²) in [5.74, 6) is 1.30. The van der Waals surface area contributed by atoms with E-state index in [1.54, 1.807) is 7.11 Å². The third-order valence-corrected chi connectivity index (χ3v) is 6.40. The number of rotatable bonds is 5. The molecule has 2 atom stereocenters. The summed E-state index contributed by atoms with van der Waals surface area (Å²) in [6, 6.07) is 0. The largest absolute Gasteiger partial charge is 0.383 e. The highest BCUT2D eigenvalue weighted by Crippen LogP contribution is 2.41. The van der Waals surface area contributed by atoms with Gasteiger partial charge in [0.05, 0.1) is 19.1 Å². The van der Waals surface area contributed by atoms with Crippen molar-refractivity contribution in [3.63, 3.8) is 0 Å². The summed E-state index contributed by atoms with van der Waals surface area (Å²) in [7, 11) is 1.60. The Morgan fingerprint density at radius 3 is 2.93 bits per heavy atom. The molecule has 2 amide bonds. The molecular formula is C19H29N5O4. The fourth-order valence-corrected chi connectivity index (χ4v) is 4.64. The fraction of sp³-hybridized carbons (Fsp3) is 0.789. The lowest BCUT2D eigenvalue weighted by molar-refractivity contribution is -0.134. The van der Waals surface area contributed by atoms with Gasteiger partial charge in [-0.15, -0.1) is 10.2 Å². The van der Waals surface area contributed by atoms with E-state index in [0.717, 1.165) is 51.0 Å². The SMILES string of the molecule is COCCNC(=O)c1nnc2n1CCC1(CC2)CCN(C(=O)C2CCOC2)C1. The van der Waals surface area contributed by atoms with Crippen LogP contribution in [0, 0.1) is 11.3 Å². The van der Waals surface area contributed by atoms with Crippen molar-refractivity contribution in [3.05, 3.63) is 11.6 Å². The quantitative estimate of drug-likeness (QED) is 0.723. The lowest BCUT2D eigenvalue weighted by Crippen LogP contribution is -2.37. The summed E-state index contributed by atoms with van der Waals surface area (Å²) in [4.78, 5) is 27.2. The van der Waals surface area contributed by atoms with E-state index in [0.29, 0.717) is 38.7 Å². The number of likely N-dealkylation sites (tertiary alicyclic amines) is 1. The molecule has 1 spiro atoms. The average Bonchev–Trinajstić information content (AvgIpc) is 3.42. The first kappa shape index (κ1) is 19.3. The Hall–Kier alpha value is -2.00. The van der Waals surface area contributed by atoms with Gasteiger partial charge < -0.3 is 24.3 Å². The van der Waals surface area contributed by atoms with Crippen LogP contribution in [0.4, 0.5) is 0 Å². The topological polar surface area (TPSA) is 98.6 Å². The molecule has 0 aliphatic carbocycles. The van der Waals surface area contributed by atoms with E-state index in [4.69, 9.17) is 9.47 Å². The standard InChI is InChI=1S/C19H29N5O4/c1-27-11-7-20-17(25)16-22-21-15-2-4-19(6-9-24(15)16)5-8-23(13-19)18(26)14-3-10-28-12-14/h14H,2-13H2,1H3,(H,20,25). The van der Waals surface area contributed by atoms with Crippen molar-refractivity contribution >= 4 is 11.8 Å². The molecule has 4 rings (SSSR count). The zero-order chi connectivity index (χ0) is 19.6. The van der Waals surface area contributed by atoms with E-state index >= 15 is 0 Å². The van der Waals surface area contributed by atoms with E-state index in [-0.39, 0.29) is 23.1 Å². The monoisotopic (exact) mass is 391 g/mol. The van der Waals surface area contributed by atoms with Gasteiger partial charge >= 0.3 is 0 Å². The van der Waals surface area contributed by atoms with Crippen LogP contribution in [0.25, 0.3) is 0 Å². The Kier molecular flexibility index (Phi) is 5.63. The Bertz CT molecular complexity index is 730. The molecule has 154 valence electrons. The third kappa shape index (κ3) is 3.77. The normalized spacial score (nSPS) is 27.0. The summed E-state index contributed by atoms with van der Waals surface area (Å²) in [6.07, 6.45) is 4.54. The van der Waals surface area contributed by atoms with Crippen molar-refractivity contribution in [2.75, 3.05) is 46.6 Å². The second-order valence-corrected chi connectivity index (χ2v) is 8.16. The fourth-order valence-electron chi connectivity index (χ4n) is 4.64. The van der Waals surface area contributed by atoms with Crippen molar-refractivity contribution in [3.8, 4) is 0 Å². The molecular weight excluding hydrogens is 362 g/mol. The molecule has 2 saturated heterocycles. The number of hydrogen-bond acceptors (Lipinski definition) is 6. The number of hydrogen-bond donors (Lipinski definition) is 1. The molecule has 3 aliphatic rings. The molecule has 28 heavy (non-hydrogen) atoms. The molecule has 1 N–H and O–H groups in total. The second kappa shape index (κ2) is 8.16. The summed E-state index contributed by atoms with van der Waals surface area (Å²) < 4.78 is 12.3. The van der Waals surface area contributed by atoms with E-state index in [1.165, 1.54) is 0 Å². The van der Waals surface area contributed by atoms with Gasteiger partial charge in [-0.05, 0) is 31.1 Å².